The van der Waals surface area contributed by atoms with Crippen LogP contribution in [0.4, 0.5) is 0 Å². The molecule has 1 aromatic carbocycles. The second-order valence-corrected chi connectivity index (χ2v) is 10.4. The van der Waals surface area contributed by atoms with Gasteiger partial charge in [0.1, 0.15) is 12.3 Å². The van der Waals surface area contributed by atoms with E-state index in [1.54, 1.807) is 38.6 Å². The SMILES string of the molecule is CC1CN(C(=O)CS(=O)(=O)c2cn(CC(=O)N3CCOCC3)c3ccccc23)CC(C)O1. The van der Waals surface area contributed by atoms with Crippen molar-refractivity contribution >= 4 is 32.6 Å². The van der Waals surface area contributed by atoms with E-state index in [-0.39, 0.29) is 29.6 Å². The van der Waals surface area contributed by atoms with Crippen LogP contribution in [0.2, 0.25) is 0 Å². The van der Waals surface area contributed by atoms with Crippen LogP contribution in [0.5, 0.6) is 0 Å². The first-order valence-electron chi connectivity index (χ1n) is 10.8. The summed E-state index contributed by atoms with van der Waals surface area (Å²) in [6, 6.07) is 7.05. The number of ether oxygens (including phenoxy) is 2. The molecule has 32 heavy (non-hydrogen) atoms. The largest absolute Gasteiger partial charge is 0.378 e. The number of hydrogen-bond donors (Lipinski definition) is 0. The quantitative estimate of drug-likeness (QED) is 0.654. The van der Waals surface area contributed by atoms with Crippen LogP contribution in [0.25, 0.3) is 10.9 Å². The molecule has 2 saturated heterocycles. The molecule has 10 heteroatoms. The van der Waals surface area contributed by atoms with Crippen molar-refractivity contribution in [3.05, 3.63) is 30.5 Å². The molecule has 3 heterocycles. The number of carbonyl (C=O) groups excluding carboxylic acids is 2. The highest BCUT2D eigenvalue weighted by Gasteiger charge is 2.31. The number of para-hydroxylation sites is 1. The average molecular weight is 464 g/mol. The third-order valence-electron chi connectivity index (χ3n) is 5.84. The summed E-state index contributed by atoms with van der Waals surface area (Å²) < 4.78 is 39.1. The maximum absolute atomic E-state index is 13.3. The zero-order chi connectivity index (χ0) is 22.9. The number of carbonyl (C=O) groups is 2. The molecular weight excluding hydrogens is 434 g/mol. The molecule has 2 fully saturated rings. The van der Waals surface area contributed by atoms with Gasteiger partial charge in [0.25, 0.3) is 0 Å². The van der Waals surface area contributed by atoms with Crippen molar-refractivity contribution in [1.82, 2.24) is 14.4 Å². The Hall–Kier alpha value is -2.43. The van der Waals surface area contributed by atoms with Gasteiger partial charge < -0.3 is 23.8 Å². The molecule has 2 amide bonds. The lowest BCUT2D eigenvalue weighted by molar-refractivity contribution is -0.140. The number of aromatic nitrogens is 1. The van der Waals surface area contributed by atoms with Gasteiger partial charge in [0.15, 0.2) is 9.84 Å². The molecule has 0 aliphatic carbocycles. The molecule has 4 rings (SSSR count). The molecule has 0 N–H and O–H groups in total. The van der Waals surface area contributed by atoms with Gasteiger partial charge in [0.05, 0.1) is 30.3 Å². The predicted molar refractivity (Wildman–Crippen MR) is 118 cm³/mol. The van der Waals surface area contributed by atoms with E-state index in [0.717, 1.165) is 0 Å². The lowest BCUT2D eigenvalue weighted by Crippen LogP contribution is -2.49. The van der Waals surface area contributed by atoms with Crippen molar-refractivity contribution in [1.29, 1.82) is 0 Å². The number of hydrogen-bond acceptors (Lipinski definition) is 6. The first-order chi connectivity index (χ1) is 15.2. The normalized spacial score (nSPS) is 22.3. The minimum atomic E-state index is -3.91. The number of benzene rings is 1. The average Bonchev–Trinajstić information content (AvgIpc) is 3.13. The molecular formula is C22H29N3O6S. The molecule has 2 aliphatic heterocycles. The maximum Gasteiger partial charge on any atom is 0.242 e. The fraction of sp³-hybridized carbons (Fsp3) is 0.545. The van der Waals surface area contributed by atoms with Gasteiger partial charge in [-0.15, -0.1) is 0 Å². The first-order valence-corrected chi connectivity index (χ1v) is 12.5. The highest BCUT2D eigenvalue weighted by Crippen LogP contribution is 2.27. The molecule has 0 saturated carbocycles. The van der Waals surface area contributed by atoms with Crippen molar-refractivity contribution in [2.45, 2.75) is 37.5 Å². The Kier molecular flexibility index (Phi) is 6.55. The molecule has 2 aliphatic rings. The van der Waals surface area contributed by atoms with Crippen LogP contribution < -0.4 is 0 Å². The van der Waals surface area contributed by atoms with Crippen LogP contribution in [0.1, 0.15) is 13.8 Å². The first kappa shape index (κ1) is 22.8. The highest BCUT2D eigenvalue weighted by molar-refractivity contribution is 7.92. The molecule has 174 valence electrons. The fourth-order valence-electron chi connectivity index (χ4n) is 4.36. The summed E-state index contributed by atoms with van der Waals surface area (Å²) in [6.45, 7) is 6.54. The monoisotopic (exact) mass is 463 g/mol. The van der Waals surface area contributed by atoms with Crippen LogP contribution in [-0.4, -0.2) is 92.0 Å². The Balaban J connectivity index is 1.58. The van der Waals surface area contributed by atoms with Crippen LogP contribution in [0.15, 0.2) is 35.4 Å². The molecule has 1 aromatic heterocycles. The minimum Gasteiger partial charge on any atom is -0.378 e. The topological polar surface area (TPSA) is 98.2 Å². The zero-order valence-corrected chi connectivity index (χ0v) is 19.2. The smallest absolute Gasteiger partial charge is 0.242 e. The summed E-state index contributed by atoms with van der Waals surface area (Å²) in [6.07, 6.45) is 1.20. The number of morpholine rings is 2. The molecule has 0 bridgehead atoms. The second kappa shape index (κ2) is 9.21. The van der Waals surface area contributed by atoms with Crippen LogP contribution in [-0.2, 0) is 35.4 Å². The summed E-state index contributed by atoms with van der Waals surface area (Å²) in [4.78, 5) is 28.9. The van der Waals surface area contributed by atoms with Gasteiger partial charge in [0.2, 0.25) is 11.8 Å². The van der Waals surface area contributed by atoms with E-state index in [1.807, 2.05) is 13.8 Å². The van der Waals surface area contributed by atoms with Gasteiger partial charge in [-0.1, -0.05) is 18.2 Å². The summed E-state index contributed by atoms with van der Waals surface area (Å²) in [5.74, 6) is -1.14. The van der Waals surface area contributed by atoms with E-state index in [9.17, 15) is 18.0 Å². The summed E-state index contributed by atoms with van der Waals surface area (Å²) >= 11 is 0. The number of nitrogens with zero attached hydrogens (tertiary/aromatic N) is 3. The van der Waals surface area contributed by atoms with Crippen LogP contribution in [0, 0.1) is 0 Å². The molecule has 2 atom stereocenters. The van der Waals surface area contributed by atoms with Gasteiger partial charge in [-0.3, -0.25) is 9.59 Å². The fourth-order valence-corrected chi connectivity index (χ4v) is 5.82. The lowest BCUT2D eigenvalue weighted by atomic mass is 10.2. The Morgan fingerprint density at radius 2 is 1.66 bits per heavy atom. The predicted octanol–water partition coefficient (Wildman–Crippen LogP) is 0.910. The summed E-state index contributed by atoms with van der Waals surface area (Å²) in [5, 5.41) is 0.513. The summed E-state index contributed by atoms with van der Waals surface area (Å²) in [7, 11) is -3.91. The van der Waals surface area contributed by atoms with E-state index in [4.69, 9.17) is 9.47 Å². The number of rotatable bonds is 5. The van der Waals surface area contributed by atoms with Gasteiger partial charge in [0, 0.05) is 43.3 Å². The Morgan fingerprint density at radius 1 is 1.00 bits per heavy atom. The van der Waals surface area contributed by atoms with Crippen molar-refractivity contribution < 1.29 is 27.5 Å². The number of fused-ring (bicyclic) bond motifs is 1. The van der Waals surface area contributed by atoms with E-state index in [0.29, 0.717) is 50.3 Å². The minimum absolute atomic E-state index is 0.0302. The van der Waals surface area contributed by atoms with E-state index in [2.05, 4.69) is 0 Å². The molecule has 2 aromatic rings. The molecule has 2 unspecified atom stereocenters. The lowest BCUT2D eigenvalue weighted by Gasteiger charge is -2.35. The van der Waals surface area contributed by atoms with Crippen molar-refractivity contribution in [3.63, 3.8) is 0 Å². The molecule has 0 radical (unpaired) electrons. The van der Waals surface area contributed by atoms with Crippen LogP contribution in [0.3, 0.4) is 0 Å². The van der Waals surface area contributed by atoms with Crippen molar-refractivity contribution in [2.75, 3.05) is 45.1 Å². The van der Waals surface area contributed by atoms with Gasteiger partial charge in [-0.2, -0.15) is 0 Å². The van der Waals surface area contributed by atoms with Crippen molar-refractivity contribution in [3.8, 4) is 0 Å². The zero-order valence-electron chi connectivity index (χ0n) is 18.4. The van der Waals surface area contributed by atoms with E-state index in [1.165, 1.54) is 6.20 Å². The standard InChI is InChI=1S/C22H29N3O6S/c1-16-11-25(12-17(2)31-16)22(27)15-32(28,29)20-13-24(19-6-4-3-5-18(19)20)14-21(26)23-7-9-30-10-8-23/h3-6,13,16-17H,7-12,14-15H2,1-2H3. The van der Waals surface area contributed by atoms with Crippen molar-refractivity contribution in [2.24, 2.45) is 0 Å². The van der Waals surface area contributed by atoms with Gasteiger partial charge in [-0.25, -0.2) is 8.42 Å². The van der Waals surface area contributed by atoms with Gasteiger partial charge >= 0.3 is 0 Å². The summed E-state index contributed by atoms with van der Waals surface area (Å²) in [5.41, 5.74) is 0.647. The third kappa shape index (κ3) is 4.82. The molecule has 9 nitrogen and oxygen atoms in total. The number of sulfone groups is 1. The third-order valence-corrected chi connectivity index (χ3v) is 7.46. The van der Waals surface area contributed by atoms with Crippen LogP contribution >= 0.6 is 0 Å². The Labute approximate surface area is 187 Å². The second-order valence-electron chi connectivity index (χ2n) is 8.45. The van der Waals surface area contributed by atoms with E-state index < -0.39 is 21.5 Å². The van der Waals surface area contributed by atoms with E-state index >= 15 is 0 Å². The van der Waals surface area contributed by atoms with Gasteiger partial charge in [-0.05, 0) is 19.9 Å². The Morgan fingerprint density at radius 3 is 2.34 bits per heavy atom. The maximum atomic E-state index is 13.3. The number of amides is 2. The Bertz CT molecular complexity index is 1100. The molecule has 0 spiro atoms. The highest BCUT2D eigenvalue weighted by atomic mass is 32.2.